The van der Waals surface area contributed by atoms with Crippen molar-refractivity contribution in [1.82, 2.24) is 4.90 Å². The van der Waals surface area contributed by atoms with Gasteiger partial charge in [-0.2, -0.15) is 5.56 Å². The zero-order chi connectivity index (χ0) is 14.5. The fraction of sp³-hybridized carbons (Fsp3) is 0.333. The van der Waals surface area contributed by atoms with Crippen LogP contribution in [0.5, 0.6) is 0 Å². The van der Waals surface area contributed by atoms with Crippen molar-refractivity contribution in [3.05, 3.63) is 75.2 Å². The van der Waals surface area contributed by atoms with Crippen molar-refractivity contribution < 1.29 is 427 Å². The summed E-state index contributed by atoms with van der Waals surface area (Å²) in [6, 6.07) is 0.155. The van der Waals surface area contributed by atoms with Gasteiger partial charge in [0.15, 0.2) is 0 Å². The molecule has 0 saturated heterocycles. The van der Waals surface area contributed by atoms with E-state index < -0.39 is 0 Å². The third-order valence-corrected chi connectivity index (χ3v) is 4.65. The van der Waals surface area contributed by atoms with Crippen molar-refractivity contribution in [1.29, 1.82) is 0 Å². The van der Waals surface area contributed by atoms with Crippen LogP contribution in [0.3, 0.4) is 0 Å². The Labute approximate surface area is 533 Å². The summed E-state index contributed by atoms with van der Waals surface area (Å²) in [5.74, 6) is 0.420. The van der Waals surface area contributed by atoms with E-state index >= 15 is 0 Å². The van der Waals surface area contributed by atoms with Gasteiger partial charge in [-0.3, -0.25) is 0 Å². The number of hydrogen-bond donors (Lipinski definition) is 0. The molecule has 0 N–H and O–H groups in total. The standard InChI is InChI=1S/C18H23N.23V/c1-10-9-16(19(7)8)18-15(6)13(4)12(3)14(5)17(18)11(10)2;;;;;;;;;;;;;;;;;;;;;;;/h10-11,16H,1-2,5-9H2,3-4H3;;;;;;;;;;;;;;;;;;;;;;;/q-6;;;;;;;;;;;;;;;;;;;;;;;. The number of rotatable bonds is 1. The molecule has 2 rings (SSSR count). The van der Waals surface area contributed by atoms with E-state index in [1.165, 1.54) is 22.3 Å². The van der Waals surface area contributed by atoms with E-state index in [9.17, 15) is 0 Å². The van der Waals surface area contributed by atoms with E-state index in [0.717, 1.165) is 17.5 Å². The van der Waals surface area contributed by atoms with Crippen LogP contribution in [0.15, 0.2) is 0 Å². The van der Waals surface area contributed by atoms with Crippen LogP contribution in [0.1, 0.15) is 51.8 Å². The van der Waals surface area contributed by atoms with Crippen molar-refractivity contribution in [3.8, 4) is 0 Å². The first-order valence-corrected chi connectivity index (χ1v) is 6.64. The summed E-state index contributed by atoms with van der Waals surface area (Å²) in [6.45, 7) is 21.3. The topological polar surface area (TPSA) is 3.24 Å². The van der Waals surface area contributed by atoms with Crippen LogP contribution in [-0.4, -0.2) is 4.90 Å². The van der Waals surface area contributed by atoms with Gasteiger partial charge in [-0.25, -0.2) is 53.5 Å². The molecule has 24 heteroatoms. The van der Waals surface area contributed by atoms with E-state index in [1.807, 2.05) is 0 Å². The molecule has 0 saturated carbocycles. The normalized spacial score (nSPS) is 12.0. The first-order chi connectivity index (χ1) is 8.77. The number of hydrogen-bond acceptors (Lipinski definition) is 1. The second-order valence-corrected chi connectivity index (χ2v) is 5.74. The van der Waals surface area contributed by atoms with Crippen LogP contribution in [0.2, 0.25) is 0 Å². The Morgan fingerprint density at radius 3 is 0.881 bits per heavy atom. The first kappa shape index (κ1) is 148. The Morgan fingerprint density at radius 1 is 0.452 bits per heavy atom. The molecule has 0 aliphatic heterocycles. The number of nitrogens with zero attached hydrogens (tertiary/aromatic N) is 1. The predicted molar refractivity (Wildman–Crippen MR) is 81.7 cm³/mol. The summed E-state index contributed by atoms with van der Waals surface area (Å²) >= 11 is 0. The molecule has 1 nitrogen and oxygen atoms in total. The molecule has 0 spiro atoms. The molecule has 1 aromatic rings. The molecule has 42 heavy (non-hydrogen) atoms. The smallest absolute Gasteiger partial charge is 0 e. The maximum atomic E-state index is 4.30. The summed E-state index contributed by atoms with van der Waals surface area (Å²) < 4.78 is 0. The van der Waals surface area contributed by atoms with Crippen molar-refractivity contribution in [3.63, 3.8) is 0 Å². The Bertz CT molecular complexity index is 541. The van der Waals surface area contributed by atoms with Crippen LogP contribution in [-0.2, 0) is 427 Å². The van der Waals surface area contributed by atoms with Crippen LogP contribution in [0.25, 0.3) is 0 Å². The minimum absolute atomic E-state index is 0. The molecule has 1 aromatic carbocycles. The molecule has 0 aromatic heterocycles. The monoisotopic (exact) mass is 1420 g/mol. The summed E-state index contributed by atoms with van der Waals surface area (Å²) in [5.41, 5.74) is 7.03. The van der Waals surface area contributed by atoms with Crippen LogP contribution in [0, 0.1) is 61.6 Å². The molecular formula is C18H23NV23-6. The first-order valence-electron chi connectivity index (χ1n) is 6.64. The molecule has 221 valence electrons. The van der Waals surface area contributed by atoms with E-state index in [2.05, 4.69) is 55.6 Å². The summed E-state index contributed by atoms with van der Waals surface area (Å²) in [4.78, 5) is 1.77. The van der Waals surface area contributed by atoms with Gasteiger partial charge in [-0.1, -0.05) is 26.3 Å². The third-order valence-electron chi connectivity index (χ3n) is 4.65. The molecule has 23 radical (unpaired) electrons. The van der Waals surface area contributed by atoms with Crippen molar-refractivity contribution in [2.75, 3.05) is 0 Å². The van der Waals surface area contributed by atoms with Crippen LogP contribution < -0.4 is 0 Å². The van der Waals surface area contributed by atoms with Crippen molar-refractivity contribution in [2.45, 2.75) is 32.2 Å². The third kappa shape index (κ3) is 43.5. The van der Waals surface area contributed by atoms with Crippen molar-refractivity contribution in [2.24, 2.45) is 5.92 Å². The average Bonchev–Trinajstić information content (AvgIpc) is 2.36. The maximum absolute atomic E-state index is 4.30. The second kappa shape index (κ2) is 77.8. The van der Waals surface area contributed by atoms with E-state index in [4.69, 9.17) is 0 Å². The van der Waals surface area contributed by atoms with Gasteiger partial charge in [0, 0.05) is 427 Å². The SMILES string of the molecule is [CH2-]c1c(C)c(C)c([CH2-])c2c1C([CH2-])C([CH2-])CC2N([CH2-])[CH2-].[V].[V].[V].[V].[V].[V].[V].[V].[V].[V].[V].[V].[V].[V].[V].[V].[V].[V].[V].[V].[V].[V].[V]. The van der Waals surface area contributed by atoms with Gasteiger partial charge in [0.1, 0.15) is 0 Å². The van der Waals surface area contributed by atoms with Gasteiger partial charge < -0.3 is 32.8 Å². The van der Waals surface area contributed by atoms with Gasteiger partial charge in [0.25, 0.3) is 0 Å². The molecule has 1 aliphatic carbocycles. The Hall–Kier alpha value is 12.4. The summed E-state index contributed by atoms with van der Waals surface area (Å²) in [7, 11) is 7.94. The van der Waals surface area contributed by atoms with Crippen LogP contribution in [0.4, 0.5) is 0 Å². The van der Waals surface area contributed by atoms with Gasteiger partial charge in [0.05, 0.1) is 0 Å². The van der Waals surface area contributed by atoms with Gasteiger partial charge in [-0.15, -0.1) is 0 Å². The molecular weight excluding hydrogens is 1400 g/mol. The van der Waals surface area contributed by atoms with Crippen molar-refractivity contribution >= 4 is 0 Å². The quantitative estimate of drug-likeness (QED) is 0.380. The zero-order valence-corrected chi connectivity index (χ0v) is 54.5. The minimum atomic E-state index is 0. The molecule has 0 amide bonds. The molecule has 1 aliphatic rings. The van der Waals surface area contributed by atoms with E-state index in [-0.39, 0.29) is 445 Å². The fourth-order valence-electron chi connectivity index (χ4n) is 3.12. The van der Waals surface area contributed by atoms with Gasteiger partial charge >= 0.3 is 0 Å². The van der Waals surface area contributed by atoms with E-state index in [1.54, 1.807) is 4.90 Å². The molecule has 0 bridgehead atoms. The zero-order valence-electron chi connectivity index (χ0n) is 22.4. The molecule has 0 fully saturated rings. The largest absolute Gasteiger partial charge is 0.615 e. The Kier molecular flexibility index (Phi) is 274. The van der Waals surface area contributed by atoms with E-state index in [0.29, 0.717) is 0 Å². The second-order valence-electron chi connectivity index (χ2n) is 5.74. The molecule has 3 unspecified atom stereocenters. The maximum Gasteiger partial charge on any atom is 0 e. The summed E-state index contributed by atoms with van der Waals surface area (Å²) in [6.07, 6.45) is 0.915. The van der Waals surface area contributed by atoms with Gasteiger partial charge in [0.2, 0.25) is 0 Å². The minimum Gasteiger partial charge on any atom is -0.615 e. The number of fused-ring (bicyclic) bond motifs is 1. The van der Waals surface area contributed by atoms with Gasteiger partial charge in [-0.05, 0) is 0 Å². The molecule has 0 heterocycles. The molecule has 3 atom stereocenters. The summed E-state index contributed by atoms with van der Waals surface area (Å²) in [5, 5.41) is 0. The Morgan fingerprint density at radius 2 is 0.667 bits per heavy atom. The Balaban J connectivity index is -0.00000000870. The predicted octanol–water partition coefficient (Wildman–Crippen LogP) is 4.31. The average molecular weight is 1430 g/mol. The fourth-order valence-corrected chi connectivity index (χ4v) is 3.12. The van der Waals surface area contributed by atoms with Crippen LogP contribution >= 0.6 is 0 Å². The number of benzene rings is 1.